The monoisotopic (exact) mass is 978 g/mol. The van der Waals surface area contributed by atoms with Gasteiger partial charge in [0.05, 0.1) is 38.2 Å². The fraction of sp³-hybridized carbons (Fsp3) is 0.200. The quantitative estimate of drug-likeness (QED) is 0.0336. The van der Waals surface area contributed by atoms with Crippen LogP contribution in [-0.4, -0.2) is 65.1 Å². The zero-order chi connectivity index (χ0) is 47.0. The number of Topliss-reactive ketones (excluding diaryl/α,β-unsaturated/α-hetero) is 2. The number of amides is 4. The first-order valence-corrected chi connectivity index (χ1v) is 21.8. The highest BCUT2D eigenvalue weighted by Gasteiger charge is 2.26. The molecular weight excluding hydrogens is 942 g/mol. The molecule has 0 aliphatic carbocycles. The lowest BCUT2D eigenvalue weighted by Gasteiger charge is -2.15. The molecule has 0 saturated carbocycles. The highest BCUT2D eigenvalue weighted by molar-refractivity contribution is 6.35. The van der Waals surface area contributed by atoms with Crippen molar-refractivity contribution in [2.45, 2.75) is 38.8 Å². The average molecular weight is 981 g/mol. The Hall–Kier alpha value is -6.23. The minimum absolute atomic E-state index is 0.0217. The molecule has 2 unspecified atom stereocenters. The molecule has 2 atom stereocenters. The molecule has 5 aromatic rings. The van der Waals surface area contributed by atoms with E-state index < -0.39 is 47.3 Å². The Balaban J connectivity index is 1.25. The van der Waals surface area contributed by atoms with E-state index in [1.165, 1.54) is 54.6 Å². The van der Waals surface area contributed by atoms with Crippen molar-refractivity contribution in [3.05, 3.63) is 135 Å². The number of nitrogens with zero attached hydrogens (tertiary/aromatic N) is 4. The molecule has 0 aliphatic heterocycles. The van der Waals surface area contributed by atoms with Crippen LogP contribution >= 0.6 is 58.0 Å². The number of carbonyl (C=O) groups is 6. The normalized spacial score (nSPS) is 12.0. The lowest BCUT2D eigenvalue weighted by atomic mass is 10.1. The van der Waals surface area contributed by atoms with Gasteiger partial charge in [-0.15, -0.1) is 23.2 Å². The Morgan fingerprint density at radius 3 is 1.38 bits per heavy atom. The van der Waals surface area contributed by atoms with Gasteiger partial charge in [0.25, 0.3) is 23.6 Å². The first-order valence-electron chi connectivity index (χ1n) is 19.5. The van der Waals surface area contributed by atoms with Crippen LogP contribution < -0.4 is 26.0 Å². The zero-order valence-electron chi connectivity index (χ0n) is 34.5. The second kappa shape index (κ2) is 24.2. The number of carbonyl (C=O) groups excluding carboxylic acids is 6. The molecule has 336 valence electrons. The molecule has 0 spiro atoms. The van der Waals surface area contributed by atoms with Crippen molar-refractivity contribution in [1.82, 2.24) is 0 Å². The number of alkyl halides is 3. The molecule has 5 aromatic carbocycles. The summed E-state index contributed by atoms with van der Waals surface area (Å²) in [5.74, 6) is -3.21. The predicted octanol–water partition coefficient (Wildman–Crippen LogP) is 11.0. The Kier molecular flexibility index (Phi) is 18.5. The van der Waals surface area contributed by atoms with E-state index in [9.17, 15) is 28.8 Å². The molecule has 4 N–H and O–H groups in total. The van der Waals surface area contributed by atoms with E-state index in [0.717, 1.165) is 25.0 Å². The molecule has 0 heterocycles. The maximum Gasteiger partial charge on any atom is 0.258 e. The summed E-state index contributed by atoms with van der Waals surface area (Å²) < 4.78 is 5.49. The van der Waals surface area contributed by atoms with Gasteiger partial charge in [0.1, 0.15) is 5.75 Å². The van der Waals surface area contributed by atoms with Gasteiger partial charge in [-0.3, -0.25) is 28.8 Å². The first kappa shape index (κ1) is 49.8. The average Bonchev–Trinajstić information content (AvgIpc) is 3.27. The van der Waals surface area contributed by atoms with Gasteiger partial charge in [-0.05, 0) is 111 Å². The number of aryl methyl sites for hydroxylation is 2. The molecule has 0 aromatic heterocycles. The van der Waals surface area contributed by atoms with E-state index >= 15 is 0 Å². The van der Waals surface area contributed by atoms with Gasteiger partial charge in [-0.1, -0.05) is 59.1 Å². The van der Waals surface area contributed by atoms with Gasteiger partial charge in [-0.25, -0.2) is 0 Å². The highest BCUT2D eigenvalue weighted by Crippen LogP contribution is 2.31. The summed E-state index contributed by atoms with van der Waals surface area (Å²) in [7, 11) is 0. The number of benzene rings is 5. The summed E-state index contributed by atoms with van der Waals surface area (Å²) >= 11 is 30.1. The van der Waals surface area contributed by atoms with Crippen LogP contribution in [0, 0.1) is 0 Å². The third-order valence-corrected chi connectivity index (χ3v) is 10.3. The van der Waals surface area contributed by atoms with Gasteiger partial charge in [0.2, 0.25) is 12.1 Å². The predicted molar refractivity (Wildman–Crippen MR) is 254 cm³/mol. The van der Waals surface area contributed by atoms with E-state index in [4.69, 9.17) is 62.7 Å². The minimum atomic E-state index is -1.63. The number of hydrogen-bond donors (Lipinski definition) is 4. The van der Waals surface area contributed by atoms with Gasteiger partial charge < -0.3 is 26.0 Å². The molecule has 0 fully saturated rings. The van der Waals surface area contributed by atoms with E-state index in [2.05, 4.69) is 41.7 Å². The van der Waals surface area contributed by atoms with Crippen molar-refractivity contribution in [2.24, 2.45) is 20.5 Å². The van der Waals surface area contributed by atoms with Crippen molar-refractivity contribution in [3.8, 4) is 5.75 Å². The zero-order valence-corrected chi connectivity index (χ0v) is 38.3. The third-order valence-electron chi connectivity index (χ3n) is 9.14. The number of azo groups is 2. The summed E-state index contributed by atoms with van der Waals surface area (Å²) in [6.45, 7) is 2.30. The number of ether oxygens (including phenoxy) is 1. The maximum absolute atomic E-state index is 13.4. The van der Waals surface area contributed by atoms with Crippen LogP contribution in [-0.2, 0) is 32.0 Å². The van der Waals surface area contributed by atoms with Crippen LogP contribution in [0.4, 0.5) is 34.1 Å². The van der Waals surface area contributed by atoms with Crippen LogP contribution in [0.25, 0.3) is 0 Å². The fourth-order valence-corrected chi connectivity index (χ4v) is 6.76. The van der Waals surface area contributed by atoms with Crippen LogP contribution in [0.5, 0.6) is 5.75 Å². The molecule has 5 rings (SSSR count). The number of rotatable bonds is 20. The van der Waals surface area contributed by atoms with Gasteiger partial charge >= 0.3 is 0 Å². The molecule has 65 heavy (non-hydrogen) atoms. The van der Waals surface area contributed by atoms with Gasteiger partial charge in [0.15, 0.2) is 17.6 Å². The van der Waals surface area contributed by atoms with Crippen molar-refractivity contribution in [3.63, 3.8) is 0 Å². The Morgan fingerprint density at radius 2 is 0.969 bits per heavy atom. The SMILES string of the molecule is CC(=O)C(N=Nc1ccc(Cl)c(C(=O)Nc2ccc(CCCl)cc2)c1)C(=O)Nc1ccc(NC(=O)C(N=Nc2ccc(Cl)c(C(=O)Nc3ccc(CCCl)cc3)c2)C(C)=O)c(OCCl)c1. The van der Waals surface area contributed by atoms with Crippen molar-refractivity contribution in [1.29, 1.82) is 0 Å². The van der Waals surface area contributed by atoms with Crippen LogP contribution in [0.15, 0.2) is 124 Å². The summed E-state index contributed by atoms with van der Waals surface area (Å²) in [6, 6.07) is 23.2. The van der Waals surface area contributed by atoms with Crippen LogP contribution in [0.3, 0.4) is 0 Å². The number of anilines is 4. The van der Waals surface area contributed by atoms with Crippen LogP contribution in [0.2, 0.25) is 10.0 Å². The number of halogens is 5. The first-order chi connectivity index (χ1) is 31.2. The topological polar surface area (TPSA) is 209 Å². The second-order valence-corrected chi connectivity index (χ2v) is 15.7. The number of ketones is 2. The van der Waals surface area contributed by atoms with Gasteiger partial charge in [-0.2, -0.15) is 20.5 Å². The van der Waals surface area contributed by atoms with Crippen molar-refractivity contribution < 1.29 is 33.5 Å². The largest absolute Gasteiger partial charge is 0.476 e. The van der Waals surface area contributed by atoms with Gasteiger partial charge in [0, 0.05) is 34.9 Å². The molecule has 15 nitrogen and oxygen atoms in total. The van der Waals surface area contributed by atoms with Crippen molar-refractivity contribution >= 4 is 127 Å². The molecule has 0 bridgehead atoms. The number of nitrogens with one attached hydrogen (secondary N) is 4. The molecule has 0 saturated heterocycles. The van der Waals surface area contributed by atoms with Crippen molar-refractivity contribution in [2.75, 3.05) is 39.1 Å². The fourth-order valence-electron chi connectivity index (χ4n) is 5.80. The molecule has 0 aliphatic rings. The van der Waals surface area contributed by atoms with E-state index in [0.29, 0.717) is 36.0 Å². The second-order valence-electron chi connectivity index (χ2n) is 13.9. The van der Waals surface area contributed by atoms with E-state index in [-0.39, 0.29) is 55.7 Å². The summed E-state index contributed by atoms with van der Waals surface area (Å²) in [6.07, 6.45) is 1.35. The Bertz CT molecular complexity index is 2630. The third kappa shape index (κ3) is 14.4. The molecule has 0 radical (unpaired) electrons. The van der Waals surface area contributed by atoms with E-state index in [1.54, 1.807) is 24.3 Å². The van der Waals surface area contributed by atoms with Crippen LogP contribution in [0.1, 0.15) is 45.7 Å². The Morgan fingerprint density at radius 1 is 0.538 bits per heavy atom. The summed E-state index contributed by atoms with van der Waals surface area (Å²) in [5.41, 5.74) is 3.64. The Labute approximate surface area is 398 Å². The van der Waals surface area contributed by atoms with E-state index in [1.807, 2.05) is 24.3 Å². The number of hydrogen-bond acceptors (Lipinski definition) is 11. The molecule has 4 amide bonds. The highest BCUT2D eigenvalue weighted by atomic mass is 35.5. The smallest absolute Gasteiger partial charge is 0.258 e. The molecular formula is C45H39Cl5N8O7. The maximum atomic E-state index is 13.4. The lowest BCUT2D eigenvalue weighted by molar-refractivity contribution is -0.127. The summed E-state index contributed by atoms with van der Waals surface area (Å²) in [5, 5.41) is 26.9. The lowest BCUT2D eigenvalue weighted by Crippen LogP contribution is -2.32. The molecule has 20 heteroatoms. The minimum Gasteiger partial charge on any atom is -0.476 e. The standard InChI is InChI=1S/C45H39Cl5N8O7/c1-25(59)40(57-55-32-11-14-36(49)34(21-32)42(61)51-29-7-3-27(4-8-29)17-19-46)44(63)53-31-13-16-38(39(23-31)65-24-48)54-45(64)41(26(2)60)58-56-33-12-15-37(50)35(22-33)43(62)52-30-9-5-28(6-10-30)18-20-47/h3-16,21-23,40-41H,17-20,24H2,1-2H3,(H,51,61)(H,52,62)(H,53,63)(H,54,64). The summed E-state index contributed by atoms with van der Waals surface area (Å²) in [4.78, 5) is 78.1.